The molecule has 0 atom stereocenters. The third-order valence-corrected chi connectivity index (χ3v) is 5.29. The Kier molecular flexibility index (Phi) is 4.90. The summed E-state index contributed by atoms with van der Waals surface area (Å²) >= 11 is 0. The summed E-state index contributed by atoms with van der Waals surface area (Å²) in [5.41, 5.74) is 6.34. The highest BCUT2D eigenvalue weighted by atomic mass is 16.2. The second-order valence-corrected chi connectivity index (χ2v) is 7.56. The van der Waals surface area contributed by atoms with Gasteiger partial charge in [0.05, 0.1) is 16.9 Å². The summed E-state index contributed by atoms with van der Waals surface area (Å²) in [5, 5.41) is 4.08. The van der Waals surface area contributed by atoms with E-state index in [9.17, 15) is 4.79 Å². The lowest BCUT2D eigenvalue weighted by Crippen LogP contribution is -2.50. The third-order valence-electron chi connectivity index (χ3n) is 5.29. The van der Waals surface area contributed by atoms with Gasteiger partial charge in [-0.1, -0.05) is 24.3 Å². The minimum atomic E-state index is -0.0553. The Morgan fingerprint density at radius 3 is 2.32 bits per heavy atom. The molecular formula is C23H26N4O. The van der Waals surface area contributed by atoms with Crippen LogP contribution in [-0.4, -0.2) is 42.1 Å². The van der Waals surface area contributed by atoms with E-state index in [0.717, 1.165) is 35.4 Å². The van der Waals surface area contributed by atoms with Gasteiger partial charge in [-0.15, -0.1) is 0 Å². The van der Waals surface area contributed by atoms with E-state index in [1.165, 1.54) is 16.8 Å². The second kappa shape index (κ2) is 7.50. The average molecular weight is 374 g/mol. The number of hydrogen-bond acceptors (Lipinski definition) is 3. The van der Waals surface area contributed by atoms with Crippen LogP contribution in [0.2, 0.25) is 0 Å². The summed E-state index contributed by atoms with van der Waals surface area (Å²) in [6.45, 7) is 9.27. The number of para-hydroxylation sites is 1. The zero-order chi connectivity index (χ0) is 19.7. The van der Waals surface area contributed by atoms with Gasteiger partial charge in [0.15, 0.2) is 0 Å². The molecule has 5 nitrogen and oxygen atoms in total. The SMILES string of the molecule is Cc1cc(C)cc(N2CCN(C(=O)Nc3cc4ccccc4nc3C)CC2)c1. The van der Waals surface area contributed by atoms with Crippen molar-refractivity contribution >= 4 is 28.3 Å². The van der Waals surface area contributed by atoms with Crippen molar-refractivity contribution in [3.8, 4) is 0 Å². The Balaban J connectivity index is 1.42. The van der Waals surface area contributed by atoms with Gasteiger partial charge in [0, 0.05) is 37.3 Å². The molecule has 1 N–H and O–H groups in total. The van der Waals surface area contributed by atoms with E-state index in [2.05, 4.69) is 47.2 Å². The van der Waals surface area contributed by atoms with Crippen molar-refractivity contribution in [1.29, 1.82) is 0 Å². The molecule has 2 aromatic carbocycles. The maximum atomic E-state index is 12.8. The van der Waals surface area contributed by atoms with E-state index in [1.807, 2.05) is 42.2 Å². The molecule has 1 fully saturated rings. The fourth-order valence-corrected chi connectivity index (χ4v) is 3.83. The van der Waals surface area contributed by atoms with E-state index in [1.54, 1.807) is 0 Å². The van der Waals surface area contributed by atoms with E-state index >= 15 is 0 Å². The minimum absolute atomic E-state index is 0.0553. The molecule has 2 amide bonds. The van der Waals surface area contributed by atoms with Crippen LogP contribution in [0.1, 0.15) is 16.8 Å². The summed E-state index contributed by atoms with van der Waals surface area (Å²) in [4.78, 5) is 21.6. The van der Waals surface area contributed by atoms with Gasteiger partial charge in [-0.2, -0.15) is 0 Å². The molecule has 144 valence electrons. The Bertz CT molecular complexity index is 1000. The molecule has 0 unspecified atom stereocenters. The number of benzene rings is 2. The quantitative estimate of drug-likeness (QED) is 0.718. The van der Waals surface area contributed by atoms with Gasteiger partial charge in [-0.3, -0.25) is 4.98 Å². The van der Waals surface area contributed by atoms with Gasteiger partial charge in [0.25, 0.3) is 0 Å². The Hall–Kier alpha value is -3.08. The maximum absolute atomic E-state index is 12.8. The number of aromatic nitrogens is 1. The van der Waals surface area contributed by atoms with E-state index in [0.29, 0.717) is 13.1 Å². The summed E-state index contributed by atoms with van der Waals surface area (Å²) in [5.74, 6) is 0. The monoisotopic (exact) mass is 374 g/mol. The van der Waals surface area contributed by atoms with Gasteiger partial charge >= 0.3 is 6.03 Å². The summed E-state index contributed by atoms with van der Waals surface area (Å²) in [7, 11) is 0. The van der Waals surface area contributed by atoms with Crippen LogP contribution in [0.4, 0.5) is 16.2 Å². The number of nitrogens with one attached hydrogen (secondary N) is 1. The lowest BCUT2D eigenvalue weighted by atomic mass is 10.1. The molecular weight excluding hydrogens is 348 g/mol. The van der Waals surface area contributed by atoms with Crippen LogP contribution < -0.4 is 10.2 Å². The first-order valence-electron chi connectivity index (χ1n) is 9.75. The van der Waals surface area contributed by atoms with Crippen LogP contribution in [0.5, 0.6) is 0 Å². The van der Waals surface area contributed by atoms with Crippen LogP contribution in [0.3, 0.4) is 0 Å². The first kappa shape index (κ1) is 18.3. The van der Waals surface area contributed by atoms with Gasteiger partial charge in [0.1, 0.15) is 0 Å². The molecule has 1 aliphatic rings. The molecule has 0 saturated carbocycles. The number of aryl methyl sites for hydroxylation is 3. The number of pyridine rings is 1. The van der Waals surface area contributed by atoms with Crippen molar-refractivity contribution in [1.82, 2.24) is 9.88 Å². The number of fused-ring (bicyclic) bond motifs is 1. The number of urea groups is 1. The molecule has 4 rings (SSSR count). The smallest absolute Gasteiger partial charge is 0.322 e. The van der Waals surface area contributed by atoms with Crippen LogP contribution >= 0.6 is 0 Å². The van der Waals surface area contributed by atoms with Gasteiger partial charge in [-0.05, 0) is 56.2 Å². The molecule has 28 heavy (non-hydrogen) atoms. The van der Waals surface area contributed by atoms with E-state index < -0.39 is 0 Å². The van der Waals surface area contributed by atoms with E-state index in [4.69, 9.17) is 0 Å². The number of hydrogen-bond donors (Lipinski definition) is 1. The predicted octanol–water partition coefficient (Wildman–Crippen LogP) is 4.51. The van der Waals surface area contributed by atoms with E-state index in [-0.39, 0.29) is 6.03 Å². The lowest BCUT2D eigenvalue weighted by molar-refractivity contribution is 0.208. The van der Waals surface area contributed by atoms with Crippen molar-refractivity contribution < 1.29 is 4.79 Å². The van der Waals surface area contributed by atoms with Crippen molar-refractivity contribution in [3.63, 3.8) is 0 Å². The number of carbonyl (C=O) groups excluding carboxylic acids is 1. The first-order chi connectivity index (χ1) is 13.5. The maximum Gasteiger partial charge on any atom is 0.322 e. The number of amides is 2. The highest BCUT2D eigenvalue weighted by Gasteiger charge is 2.22. The molecule has 0 radical (unpaired) electrons. The lowest BCUT2D eigenvalue weighted by Gasteiger charge is -2.36. The number of nitrogens with zero attached hydrogens (tertiary/aromatic N) is 3. The molecule has 3 aromatic rings. The molecule has 5 heteroatoms. The zero-order valence-corrected chi connectivity index (χ0v) is 16.7. The Morgan fingerprint density at radius 2 is 1.61 bits per heavy atom. The number of anilines is 2. The van der Waals surface area contributed by atoms with Crippen LogP contribution in [-0.2, 0) is 0 Å². The number of carbonyl (C=O) groups is 1. The van der Waals surface area contributed by atoms with Crippen LogP contribution in [0.15, 0.2) is 48.5 Å². The molecule has 1 aromatic heterocycles. The van der Waals surface area contributed by atoms with Gasteiger partial charge in [0.2, 0.25) is 0 Å². The van der Waals surface area contributed by atoms with Gasteiger partial charge < -0.3 is 15.1 Å². The zero-order valence-electron chi connectivity index (χ0n) is 16.7. The van der Waals surface area contributed by atoms with Crippen LogP contribution in [0.25, 0.3) is 10.9 Å². The fourth-order valence-electron chi connectivity index (χ4n) is 3.83. The Morgan fingerprint density at radius 1 is 0.929 bits per heavy atom. The van der Waals surface area contributed by atoms with Gasteiger partial charge in [-0.25, -0.2) is 4.79 Å². The van der Waals surface area contributed by atoms with Crippen LogP contribution in [0, 0.1) is 20.8 Å². The molecule has 0 bridgehead atoms. The fraction of sp³-hybridized carbons (Fsp3) is 0.304. The molecule has 2 heterocycles. The molecule has 1 saturated heterocycles. The van der Waals surface area contributed by atoms with Crippen molar-refractivity contribution in [3.05, 3.63) is 65.4 Å². The van der Waals surface area contributed by atoms with Crippen molar-refractivity contribution in [2.75, 3.05) is 36.4 Å². The number of rotatable bonds is 2. The third kappa shape index (κ3) is 3.79. The predicted molar refractivity (Wildman–Crippen MR) is 115 cm³/mol. The number of piperazine rings is 1. The molecule has 0 spiro atoms. The first-order valence-corrected chi connectivity index (χ1v) is 9.75. The topological polar surface area (TPSA) is 48.5 Å². The molecule has 0 aliphatic carbocycles. The second-order valence-electron chi connectivity index (χ2n) is 7.56. The largest absolute Gasteiger partial charge is 0.368 e. The van der Waals surface area contributed by atoms with Crippen molar-refractivity contribution in [2.24, 2.45) is 0 Å². The minimum Gasteiger partial charge on any atom is -0.368 e. The standard InChI is InChI=1S/C23H26N4O/c1-16-12-17(2)14-20(13-16)26-8-10-27(11-9-26)23(28)25-22-15-19-6-4-5-7-21(19)24-18(22)3/h4-7,12-15H,8-11H2,1-3H3,(H,25,28). The Labute approximate surface area is 166 Å². The summed E-state index contributed by atoms with van der Waals surface area (Å²) in [6.07, 6.45) is 0. The molecule has 1 aliphatic heterocycles. The highest BCUT2D eigenvalue weighted by Crippen LogP contribution is 2.22. The average Bonchev–Trinajstić information content (AvgIpc) is 2.68. The summed E-state index contributed by atoms with van der Waals surface area (Å²) < 4.78 is 0. The normalized spacial score (nSPS) is 14.4. The van der Waals surface area contributed by atoms with Crippen molar-refractivity contribution in [2.45, 2.75) is 20.8 Å². The highest BCUT2D eigenvalue weighted by molar-refractivity contribution is 5.93. The summed E-state index contributed by atoms with van der Waals surface area (Å²) in [6, 6.07) is 16.5.